The molecule has 0 aliphatic heterocycles. The zero-order valence-electron chi connectivity index (χ0n) is 10.8. The van der Waals surface area contributed by atoms with Gasteiger partial charge < -0.3 is 5.32 Å². The van der Waals surface area contributed by atoms with Crippen LogP contribution in [-0.2, 0) is 0 Å². The Morgan fingerprint density at radius 2 is 2.00 bits per heavy atom. The number of halogens is 2. The van der Waals surface area contributed by atoms with Gasteiger partial charge >= 0.3 is 0 Å². The molecular formula is C16H10ClFN2O. The maximum Gasteiger partial charge on any atom is 0.257 e. The fourth-order valence-corrected chi connectivity index (χ4v) is 2.28. The van der Waals surface area contributed by atoms with E-state index < -0.39 is 5.82 Å². The van der Waals surface area contributed by atoms with Gasteiger partial charge in [0.1, 0.15) is 5.82 Å². The lowest BCUT2D eigenvalue weighted by atomic mass is 10.1. The second-order valence-corrected chi connectivity index (χ2v) is 4.90. The number of aromatic nitrogens is 1. The Hall–Kier alpha value is -2.46. The highest BCUT2D eigenvalue weighted by Gasteiger charge is 2.11. The van der Waals surface area contributed by atoms with Crippen LogP contribution in [0.4, 0.5) is 10.1 Å². The Labute approximate surface area is 125 Å². The highest BCUT2D eigenvalue weighted by Crippen LogP contribution is 2.21. The third-order valence-corrected chi connectivity index (χ3v) is 3.35. The van der Waals surface area contributed by atoms with Gasteiger partial charge in [-0.25, -0.2) is 4.39 Å². The van der Waals surface area contributed by atoms with Gasteiger partial charge in [-0.1, -0.05) is 17.7 Å². The SMILES string of the molecule is O=C(Nc1ccc2ncccc2c1)c1ccc(F)cc1Cl. The Kier molecular flexibility index (Phi) is 3.54. The summed E-state index contributed by atoms with van der Waals surface area (Å²) in [4.78, 5) is 16.4. The van der Waals surface area contributed by atoms with Crippen LogP contribution in [0.2, 0.25) is 5.02 Å². The smallest absolute Gasteiger partial charge is 0.257 e. The topological polar surface area (TPSA) is 42.0 Å². The molecule has 5 heteroatoms. The van der Waals surface area contributed by atoms with Crippen LogP contribution in [0.15, 0.2) is 54.7 Å². The van der Waals surface area contributed by atoms with E-state index in [2.05, 4.69) is 10.3 Å². The molecule has 0 fully saturated rings. The number of rotatable bonds is 2. The molecule has 2 aromatic carbocycles. The molecule has 0 aliphatic carbocycles. The van der Waals surface area contributed by atoms with Gasteiger partial charge in [0.25, 0.3) is 5.91 Å². The van der Waals surface area contributed by atoms with E-state index in [1.165, 1.54) is 12.1 Å². The van der Waals surface area contributed by atoms with Crippen LogP contribution in [0.5, 0.6) is 0 Å². The molecule has 1 aromatic heterocycles. The first-order chi connectivity index (χ1) is 10.1. The molecule has 0 radical (unpaired) electrons. The number of fused-ring (bicyclic) bond motifs is 1. The van der Waals surface area contributed by atoms with E-state index in [4.69, 9.17) is 11.6 Å². The fourth-order valence-electron chi connectivity index (χ4n) is 2.03. The van der Waals surface area contributed by atoms with Crippen LogP contribution in [0.3, 0.4) is 0 Å². The standard InChI is InChI=1S/C16H10ClFN2O/c17-14-9-11(18)3-5-13(14)16(21)20-12-4-6-15-10(8-12)2-1-7-19-15/h1-9H,(H,20,21). The van der Waals surface area contributed by atoms with E-state index in [9.17, 15) is 9.18 Å². The highest BCUT2D eigenvalue weighted by atomic mass is 35.5. The summed E-state index contributed by atoms with van der Waals surface area (Å²) < 4.78 is 13.0. The van der Waals surface area contributed by atoms with Gasteiger partial charge in [-0.15, -0.1) is 0 Å². The zero-order chi connectivity index (χ0) is 14.8. The summed E-state index contributed by atoms with van der Waals surface area (Å²) in [7, 11) is 0. The second kappa shape index (κ2) is 5.50. The lowest BCUT2D eigenvalue weighted by Crippen LogP contribution is -2.12. The predicted molar refractivity (Wildman–Crippen MR) is 81.1 cm³/mol. The van der Waals surface area contributed by atoms with Crippen LogP contribution in [0.25, 0.3) is 10.9 Å². The molecule has 104 valence electrons. The Morgan fingerprint density at radius 1 is 1.14 bits per heavy atom. The minimum absolute atomic E-state index is 0.0787. The number of carbonyl (C=O) groups is 1. The number of hydrogen-bond donors (Lipinski definition) is 1. The van der Waals surface area contributed by atoms with Crippen LogP contribution in [0, 0.1) is 5.82 Å². The van der Waals surface area contributed by atoms with Crippen LogP contribution in [0.1, 0.15) is 10.4 Å². The monoisotopic (exact) mass is 300 g/mol. The molecule has 21 heavy (non-hydrogen) atoms. The van der Waals surface area contributed by atoms with Crippen molar-refractivity contribution in [2.45, 2.75) is 0 Å². The maximum atomic E-state index is 13.0. The molecule has 0 saturated carbocycles. The van der Waals surface area contributed by atoms with Crippen LogP contribution in [-0.4, -0.2) is 10.9 Å². The second-order valence-electron chi connectivity index (χ2n) is 4.49. The Bertz CT molecular complexity index is 835. The normalized spacial score (nSPS) is 10.6. The number of anilines is 1. The first-order valence-corrected chi connectivity index (χ1v) is 6.62. The van der Waals surface area contributed by atoms with Crippen molar-refractivity contribution in [3.63, 3.8) is 0 Å². The van der Waals surface area contributed by atoms with Crippen molar-refractivity contribution in [2.24, 2.45) is 0 Å². The van der Waals surface area contributed by atoms with Crippen molar-refractivity contribution in [3.05, 3.63) is 71.1 Å². The van der Waals surface area contributed by atoms with Crippen molar-refractivity contribution in [2.75, 3.05) is 5.32 Å². The third-order valence-electron chi connectivity index (χ3n) is 3.04. The molecule has 0 unspecified atom stereocenters. The number of hydrogen-bond acceptors (Lipinski definition) is 2. The minimum Gasteiger partial charge on any atom is -0.322 e. The van der Waals surface area contributed by atoms with Crippen molar-refractivity contribution >= 4 is 34.1 Å². The quantitative estimate of drug-likeness (QED) is 0.767. The first-order valence-electron chi connectivity index (χ1n) is 6.25. The molecule has 3 rings (SSSR count). The van der Waals surface area contributed by atoms with Gasteiger partial charge in [-0.2, -0.15) is 0 Å². The summed E-state index contributed by atoms with van der Waals surface area (Å²) >= 11 is 5.87. The Morgan fingerprint density at radius 3 is 2.81 bits per heavy atom. The molecule has 3 aromatic rings. The highest BCUT2D eigenvalue weighted by molar-refractivity contribution is 6.34. The van der Waals surface area contributed by atoms with Gasteiger partial charge in [0, 0.05) is 17.3 Å². The Balaban J connectivity index is 1.89. The van der Waals surface area contributed by atoms with E-state index >= 15 is 0 Å². The van der Waals surface area contributed by atoms with Crippen LogP contribution < -0.4 is 5.32 Å². The van der Waals surface area contributed by atoms with Crippen molar-refractivity contribution in [1.82, 2.24) is 4.98 Å². The summed E-state index contributed by atoms with van der Waals surface area (Å²) in [6.45, 7) is 0. The number of benzene rings is 2. The number of carbonyl (C=O) groups excluding carboxylic acids is 1. The van der Waals surface area contributed by atoms with Crippen LogP contribution >= 0.6 is 11.6 Å². The van der Waals surface area contributed by atoms with Crippen molar-refractivity contribution < 1.29 is 9.18 Å². The molecular weight excluding hydrogens is 291 g/mol. The van der Waals surface area contributed by atoms with Crippen molar-refractivity contribution in [1.29, 1.82) is 0 Å². The summed E-state index contributed by atoms with van der Waals surface area (Å²) in [5.41, 5.74) is 1.69. The van der Waals surface area contributed by atoms with Gasteiger partial charge in [0.05, 0.1) is 16.1 Å². The van der Waals surface area contributed by atoms with E-state index in [1.54, 1.807) is 12.3 Å². The largest absolute Gasteiger partial charge is 0.322 e. The first kappa shape index (κ1) is 13.5. The average Bonchev–Trinajstić information content (AvgIpc) is 2.47. The van der Waals surface area contributed by atoms with Gasteiger partial charge in [-0.05, 0) is 42.5 Å². The lowest BCUT2D eigenvalue weighted by Gasteiger charge is -2.07. The molecule has 0 bridgehead atoms. The van der Waals surface area contributed by atoms with Gasteiger partial charge in [0.2, 0.25) is 0 Å². The molecule has 0 saturated heterocycles. The number of nitrogens with zero attached hydrogens (tertiary/aromatic N) is 1. The maximum absolute atomic E-state index is 13.0. The molecule has 1 heterocycles. The van der Waals surface area contributed by atoms with E-state index in [-0.39, 0.29) is 16.5 Å². The van der Waals surface area contributed by atoms with Gasteiger partial charge in [-0.3, -0.25) is 9.78 Å². The predicted octanol–water partition coefficient (Wildman–Crippen LogP) is 4.28. The van der Waals surface area contributed by atoms with Crippen molar-refractivity contribution in [3.8, 4) is 0 Å². The molecule has 1 N–H and O–H groups in total. The third kappa shape index (κ3) is 2.85. The summed E-state index contributed by atoms with van der Waals surface area (Å²) in [5, 5.41) is 3.73. The lowest BCUT2D eigenvalue weighted by molar-refractivity contribution is 0.102. The zero-order valence-corrected chi connectivity index (χ0v) is 11.6. The fraction of sp³-hybridized carbons (Fsp3) is 0. The van der Waals surface area contributed by atoms with E-state index in [0.29, 0.717) is 5.69 Å². The molecule has 1 amide bonds. The summed E-state index contributed by atoms with van der Waals surface area (Å²) in [5.74, 6) is -0.864. The average molecular weight is 301 g/mol. The van der Waals surface area contributed by atoms with E-state index in [1.807, 2.05) is 24.3 Å². The summed E-state index contributed by atoms with van der Waals surface area (Å²) in [6, 6.07) is 12.8. The number of nitrogens with one attached hydrogen (secondary N) is 1. The van der Waals surface area contributed by atoms with Gasteiger partial charge in [0.15, 0.2) is 0 Å². The molecule has 0 spiro atoms. The van der Waals surface area contributed by atoms with E-state index in [0.717, 1.165) is 17.0 Å². The molecule has 0 atom stereocenters. The number of pyridine rings is 1. The summed E-state index contributed by atoms with van der Waals surface area (Å²) in [6.07, 6.45) is 1.71. The minimum atomic E-state index is -0.478. The molecule has 0 aliphatic rings. The number of amides is 1. The molecule has 3 nitrogen and oxygen atoms in total.